The molecule has 31 heavy (non-hydrogen) atoms. The molecule has 1 aromatic carbocycles. The van der Waals surface area contributed by atoms with Gasteiger partial charge in [-0.2, -0.15) is 18.4 Å². The third kappa shape index (κ3) is 5.06. The molecule has 3 heterocycles. The number of halogens is 3. The van der Waals surface area contributed by atoms with E-state index in [0.29, 0.717) is 30.0 Å². The minimum atomic E-state index is -4.24. The summed E-state index contributed by atoms with van der Waals surface area (Å²) in [4.78, 5) is 14.8. The molecule has 8 heteroatoms. The third-order valence-corrected chi connectivity index (χ3v) is 5.35. The first-order chi connectivity index (χ1) is 14.9. The number of benzene rings is 1. The topological polar surface area (TPSA) is 65.7 Å². The summed E-state index contributed by atoms with van der Waals surface area (Å²) >= 11 is 0. The van der Waals surface area contributed by atoms with Crippen LogP contribution in [0.25, 0.3) is 22.5 Å². The summed E-state index contributed by atoms with van der Waals surface area (Å²) in [6, 6.07) is 12.8. The number of rotatable bonds is 4. The zero-order valence-electron chi connectivity index (χ0n) is 16.7. The fourth-order valence-electron chi connectivity index (χ4n) is 4.00. The molecule has 0 bridgehead atoms. The molecule has 4 rings (SSSR count). The van der Waals surface area contributed by atoms with Crippen LogP contribution in [-0.4, -0.2) is 45.7 Å². The lowest BCUT2D eigenvalue weighted by atomic mass is 9.89. The van der Waals surface area contributed by atoms with E-state index in [1.54, 1.807) is 48.9 Å². The number of alkyl halides is 3. The van der Waals surface area contributed by atoms with Gasteiger partial charge in [-0.25, -0.2) is 9.97 Å². The van der Waals surface area contributed by atoms with Crippen molar-refractivity contribution in [3.05, 3.63) is 66.2 Å². The Kier molecular flexibility index (Phi) is 5.96. The fraction of sp³-hybridized carbons (Fsp3) is 0.304. The molecule has 3 aromatic rings. The van der Waals surface area contributed by atoms with Gasteiger partial charge < -0.3 is 0 Å². The molecule has 0 amide bonds. The van der Waals surface area contributed by atoms with Crippen molar-refractivity contribution in [2.75, 3.05) is 19.6 Å². The van der Waals surface area contributed by atoms with Gasteiger partial charge in [0.15, 0.2) is 5.82 Å². The van der Waals surface area contributed by atoms with Crippen LogP contribution >= 0.6 is 0 Å². The molecule has 0 spiro atoms. The normalized spacial score (nSPS) is 17.3. The van der Waals surface area contributed by atoms with Gasteiger partial charge in [-0.05, 0) is 49.2 Å². The average Bonchev–Trinajstić information content (AvgIpc) is 2.78. The predicted octanol–water partition coefficient (Wildman–Crippen LogP) is 4.82. The molecule has 5 nitrogen and oxygen atoms in total. The van der Waals surface area contributed by atoms with Gasteiger partial charge >= 0.3 is 6.18 Å². The molecule has 1 fully saturated rings. The van der Waals surface area contributed by atoms with Gasteiger partial charge in [0.25, 0.3) is 0 Å². The van der Waals surface area contributed by atoms with Crippen LogP contribution in [0.2, 0.25) is 0 Å². The van der Waals surface area contributed by atoms with E-state index in [1.165, 1.54) is 4.90 Å². The summed E-state index contributed by atoms with van der Waals surface area (Å²) in [5.74, 6) is 0.339. The lowest BCUT2D eigenvalue weighted by molar-refractivity contribution is -0.148. The molecule has 2 aromatic heterocycles. The maximum absolute atomic E-state index is 13.0. The number of pyridine rings is 1. The molecule has 0 saturated carbocycles. The van der Waals surface area contributed by atoms with Crippen molar-refractivity contribution >= 4 is 0 Å². The second-order valence-electron chi connectivity index (χ2n) is 7.61. The van der Waals surface area contributed by atoms with Gasteiger partial charge in [0.05, 0.1) is 23.9 Å². The number of piperidine rings is 1. The summed E-state index contributed by atoms with van der Waals surface area (Å²) in [6.45, 7) is -0.236. The van der Waals surface area contributed by atoms with Crippen LogP contribution in [0.15, 0.2) is 55.0 Å². The summed E-state index contributed by atoms with van der Waals surface area (Å²) in [5, 5.41) is 9.26. The maximum Gasteiger partial charge on any atom is 0.401 e. The van der Waals surface area contributed by atoms with Gasteiger partial charge in [0, 0.05) is 42.2 Å². The predicted molar refractivity (Wildman–Crippen MR) is 110 cm³/mol. The number of aromatic nitrogens is 3. The molecule has 0 radical (unpaired) electrons. The Morgan fingerprint density at radius 1 is 1.13 bits per heavy atom. The lowest BCUT2D eigenvalue weighted by Crippen LogP contribution is -2.40. The van der Waals surface area contributed by atoms with Gasteiger partial charge in [-0.15, -0.1) is 0 Å². The second-order valence-corrected chi connectivity index (χ2v) is 7.61. The Morgan fingerprint density at radius 3 is 2.68 bits per heavy atom. The standard InChI is InChI=1S/C23H20F3N5/c24-23(25,26)15-31-10-2-5-19(14-31)21-20(18-4-1-3-16(11-18)12-27)13-29-22(30-21)17-6-8-28-9-7-17/h1,3-4,6-9,11,13,19H,2,5,10,14-15H2. The van der Waals surface area contributed by atoms with Crippen LogP contribution in [-0.2, 0) is 0 Å². The summed E-state index contributed by atoms with van der Waals surface area (Å²) < 4.78 is 38.9. The molecule has 158 valence electrons. The van der Waals surface area contributed by atoms with Crippen LogP contribution in [0.5, 0.6) is 0 Å². The van der Waals surface area contributed by atoms with E-state index in [-0.39, 0.29) is 12.5 Å². The van der Waals surface area contributed by atoms with Crippen molar-refractivity contribution in [2.24, 2.45) is 0 Å². The van der Waals surface area contributed by atoms with Crippen molar-refractivity contribution in [2.45, 2.75) is 24.9 Å². The zero-order chi connectivity index (χ0) is 21.8. The number of likely N-dealkylation sites (tertiary alicyclic amines) is 1. The molecule has 1 unspecified atom stereocenters. The quantitative estimate of drug-likeness (QED) is 0.602. The zero-order valence-corrected chi connectivity index (χ0v) is 16.7. The minimum absolute atomic E-state index is 0.166. The summed E-state index contributed by atoms with van der Waals surface area (Å²) in [5.41, 5.74) is 3.53. The van der Waals surface area contributed by atoms with Crippen molar-refractivity contribution in [3.63, 3.8) is 0 Å². The molecule has 0 N–H and O–H groups in total. The highest BCUT2D eigenvalue weighted by Crippen LogP contribution is 2.35. The van der Waals surface area contributed by atoms with Crippen molar-refractivity contribution in [1.82, 2.24) is 19.9 Å². The Labute approximate surface area is 178 Å². The highest BCUT2D eigenvalue weighted by molar-refractivity contribution is 5.69. The summed E-state index contributed by atoms with van der Waals surface area (Å²) in [6.07, 6.45) is 2.17. The van der Waals surface area contributed by atoms with E-state index in [1.807, 2.05) is 6.07 Å². The smallest absolute Gasteiger partial charge is 0.294 e. The van der Waals surface area contributed by atoms with Crippen LogP contribution < -0.4 is 0 Å². The van der Waals surface area contributed by atoms with Gasteiger partial charge in [-0.3, -0.25) is 9.88 Å². The van der Waals surface area contributed by atoms with E-state index in [2.05, 4.69) is 16.0 Å². The van der Waals surface area contributed by atoms with Gasteiger partial charge in [0.1, 0.15) is 0 Å². The van der Waals surface area contributed by atoms with E-state index >= 15 is 0 Å². The molecule has 1 saturated heterocycles. The van der Waals surface area contributed by atoms with Gasteiger partial charge in [-0.1, -0.05) is 12.1 Å². The van der Waals surface area contributed by atoms with Crippen molar-refractivity contribution in [3.8, 4) is 28.6 Å². The Balaban J connectivity index is 1.76. The second kappa shape index (κ2) is 8.82. The van der Waals surface area contributed by atoms with E-state index in [4.69, 9.17) is 4.98 Å². The van der Waals surface area contributed by atoms with Crippen LogP contribution in [0, 0.1) is 11.3 Å². The van der Waals surface area contributed by atoms with Crippen molar-refractivity contribution < 1.29 is 13.2 Å². The SMILES string of the molecule is N#Cc1cccc(-c2cnc(-c3ccncc3)nc2C2CCCN(CC(F)(F)F)C2)c1. The lowest BCUT2D eigenvalue weighted by Gasteiger charge is -2.33. The Hall–Kier alpha value is -3.31. The van der Waals surface area contributed by atoms with Crippen LogP contribution in [0.1, 0.15) is 30.0 Å². The monoisotopic (exact) mass is 423 g/mol. The minimum Gasteiger partial charge on any atom is -0.294 e. The number of nitriles is 1. The maximum atomic E-state index is 13.0. The fourth-order valence-corrected chi connectivity index (χ4v) is 4.00. The highest BCUT2D eigenvalue weighted by Gasteiger charge is 2.34. The van der Waals surface area contributed by atoms with E-state index in [9.17, 15) is 18.4 Å². The first-order valence-corrected chi connectivity index (χ1v) is 10.00. The molecule has 1 atom stereocenters. The molecule has 1 aliphatic rings. The van der Waals surface area contributed by atoms with Gasteiger partial charge in [0.2, 0.25) is 0 Å². The van der Waals surface area contributed by atoms with E-state index < -0.39 is 12.7 Å². The van der Waals surface area contributed by atoms with Crippen LogP contribution in [0.3, 0.4) is 0 Å². The first kappa shape index (κ1) is 20.9. The number of nitrogens with zero attached hydrogens (tertiary/aromatic N) is 5. The molecular weight excluding hydrogens is 403 g/mol. The molecule has 1 aliphatic heterocycles. The van der Waals surface area contributed by atoms with Crippen molar-refractivity contribution in [1.29, 1.82) is 5.26 Å². The summed E-state index contributed by atoms with van der Waals surface area (Å²) in [7, 11) is 0. The number of hydrogen-bond donors (Lipinski definition) is 0. The van der Waals surface area contributed by atoms with E-state index in [0.717, 1.165) is 23.1 Å². The average molecular weight is 423 g/mol. The highest BCUT2D eigenvalue weighted by atomic mass is 19.4. The largest absolute Gasteiger partial charge is 0.401 e. The van der Waals surface area contributed by atoms with Crippen LogP contribution in [0.4, 0.5) is 13.2 Å². The number of hydrogen-bond acceptors (Lipinski definition) is 5. The Morgan fingerprint density at radius 2 is 1.94 bits per heavy atom. The molecule has 0 aliphatic carbocycles. The third-order valence-electron chi connectivity index (χ3n) is 5.35. The first-order valence-electron chi connectivity index (χ1n) is 10.00. The Bertz CT molecular complexity index is 1090. The molecular formula is C23H20F3N5.